The van der Waals surface area contributed by atoms with E-state index in [2.05, 4.69) is 5.32 Å². The summed E-state index contributed by atoms with van der Waals surface area (Å²) in [6.07, 6.45) is 5.21. The number of sulfonamides is 1. The van der Waals surface area contributed by atoms with Gasteiger partial charge in [-0.2, -0.15) is 0 Å². The molecule has 0 bridgehead atoms. The highest BCUT2D eigenvalue weighted by atomic mass is 35.5. The zero-order chi connectivity index (χ0) is 33.4. The zero-order valence-electron chi connectivity index (χ0n) is 26.3. The van der Waals surface area contributed by atoms with Crippen molar-refractivity contribution in [2.75, 3.05) is 10.8 Å². The van der Waals surface area contributed by atoms with Gasteiger partial charge in [-0.1, -0.05) is 103 Å². The number of amides is 2. The highest BCUT2D eigenvalue weighted by Gasteiger charge is 2.35. The van der Waals surface area contributed by atoms with E-state index in [9.17, 15) is 18.0 Å². The Balaban J connectivity index is 1.56. The van der Waals surface area contributed by atoms with E-state index in [1.165, 1.54) is 17.0 Å². The van der Waals surface area contributed by atoms with Gasteiger partial charge >= 0.3 is 0 Å². The number of carbonyl (C=O) groups is 2. The van der Waals surface area contributed by atoms with E-state index in [0.717, 1.165) is 47.5 Å². The van der Waals surface area contributed by atoms with Crippen LogP contribution < -0.4 is 9.62 Å². The average molecular weight is 693 g/mol. The molecule has 5 rings (SSSR count). The zero-order valence-corrected chi connectivity index (χ0v) is 28.6. The van der Waals surface area contributed by atoms with Gasteiger partial charge in [-0.25, -0.2) is 8.42 Å². The fourth-order valence-corrected chi connectivity index (χ4v) is 7.66. The molecule has 1 N–H and O–H groups in total. The largest absolute Gasteiger partial charge is 0.352 e. The lowest BCUT2D eigenvalue weighted by Gasteiger charge is -2.35. The van der Waals surface area contributed by atoms with Crippen LogP contribution in [0.15, 0.2) is 108 Å². The summed E-state index contributed by atoms with van der Waals surface area (Å²) in [4.78, 5) is 30.3. The highest BCUT2D eigenvalue weighted by molar-refractivity contribution is 7.92. The molecule has 1 saturated carbocycles. The third-order valence-electron chi connectivity index (χ3n) is 8.47. The van der Waals surface area contributed by atoms with Crippen molar-refractivity contribution >= 4 is 50.7 Å². The van der Waals surface area contributed by atoms with Crippen molar-refractivity contribution in [2.45, 2.75) is 69.0 Å². The number of carbonyl (C=O) groups excluding carboxylic acids is 2. The van der Waals surface area contributed by atoms with E-state index in [1.807, 2.05) is 43.3 Å². The van der Waals surface area contributed by atoms with Crippen LogP contribution in [-0.4, -0.2) is 43.8 Å². The molecule has 4 aromatic rings. The summed E-state index contributed by atoms with van der Waals surface area (Å²) in [5, 5.41) is 4.14. The second-order valence-corrected chi connectivity index (χ2v) is 14.7. The third kappa shape index (κ3) is 9.15. The number of halogens is 2. The lowest BCUT2D eigenvalue weighted by Crippen LogP contribution is -2.55. The third-order valence-corrected chi connectivity index (χ3v) is 10.7. The van der Waals surface area contributed by atoms with Gasteiger partial charge in [0.2, 0.25) is 11.8 Å². The summed E-state index contributed by atoms with van der Waals surface area (Å²) >= 11 is 12.5. The quantitative estimate of drug-likeness (QED) is 0.166. The molecule has 1 atom stereocenters. The van der Waals surface area contributed by atoms with Gasteiger partial charge in [-0.05, 0) is 79.4 Å². The Kier molecular flexibility index (Phi) is 11.6. The number of nitrogens with zero attached hydrogens (tertiary/aromatic N) is 2. The van der Waals surface area contributed by atoms with Crippen LogP contribution in [0.5, 0.6) is 0 Å². The van der Waals surface area contributed by atoms with E-state index in [-0.39, 0.29) is 35.5 Å². The number of rotatable bonds is 12. The van der Waals surface area contributed by atoms with Gasteiger partial charge in [0.15, 0.2) is 0 Å². The Morgan fingerprint density at radius 3 is 2.13 bits per heavy atom. The summed E-state index contributed by atoms with van der Waals surface area (Å²) in [7, 11) is -4.20. The molecule has 0 aromatic heterocycles. The summed E-state index contributed by atoms with van der Waals surface area (Å²) in [6.45, 7) is 1.38. The first kappa shape index (κ1) is 34.5. The van der Waals surface area contributed by atoms with E-state index in [0.29, 0.717) is 15.6 Å². The van der Waals surface area contributed by atoms with E-state index >= 15 is 0 Å². The van der Waals surface area contributed by atoms with Crippen molar-refractivity contribution in [1.82, 2.24) is 10.2 Å². The summed E-state index contributed by atoms with van der Waals surface area (Å²) < 4.78 is 29.4. The molecule has 0 radical (unpaired) electrons. The van der Waals surface area contributed by atoms with E-state index in [4.69, 9.17) is 23.2 Å². The molecule has 47 heavy (non-hydrogen) atoms. The molecule has 0 heterocycles. The molecule has 0 aliphatic heterocycles. The molecule has 2 amide bonds. The first-order valence-electron chi connectivity index (χ1n) is 15.8. The molecule has 0 saturated heterocycles. The van der Waals surface area contributed by atoms with Crippen LogP contribution in [0.1, 0.15) is 48.8 Å². The molecule has 1 aliphatic rings. The minimum Gasteiger partial charge on any atom is -0.352 e. The average Bonchev–Trinajstić information content (AvgIpc) is 3.06. The monoisotopic (exact) mass is 691 g/mol. The Labute approximate surface area is 287 Å². The fourth-order valence-electron chi connectivity index (χ4n) is 5.90. The lowest BCUT2D eigenvalue weighted by molar-refractivity contribution is -0.140. The molecule has 1 unspecified atom stereocenters. The highest BCUT2D eigenvalue weighted by Crippen LogP contribution is 2.27. The topological polar surface area (TPSA) is 86.8 Å². The maximum Gasteiger partial charge on any atom is 0.264 e. The van der Waals surface area contributed by atoms with Gasteiger partial charge in [0.1, 0.15) is 12.6 Å². The van der Waals surface area contributed by atoms with Crippen LogP contribution in [0.3, 0.4) is 0 Å². The first-order chi connectivity index (χ1) is 22.6. The number of nitrogens with one attached hydrogen (secondary N) is 1. The van der Waals surface area contributed by atoms with Gasteiger partial charge in [-0.15, -0.1) is 0 Å². The normalized spacial score (nSPS) is 14.3. The SMILES string of the molecule is Cc1ccc(S(=O)(=O)N(CC(=O)N(Cc2cccc(Cl)c2)C(Cc2ccccc2)C(=O)NC2CCCCC2)c2ccc(Cl)cc2)cc1. The van der Waals surface area contributed by atoms with Crippen LogP contribution in [0.4, 0.5) is 5.69 Å². The molecule has 1 aliphatic carbocycles. The predicted octanol–water partition coefficient (Wildman–Crippen LogP) is 7.59. The smallest absolute Gasteiger partial charge is 0.264 e. The molecular formula is C37H39Cl2N3O4S. The van der Waals surface area contributed by atoms with Gasteiger partial charge in [0.05, 0.1) is 10.6 Å². The Hall–Kier alpha value is -3.85. The maximum atomic E-state index is 14.6. The number of aryl methyl sites for hydroxylation is 1. The minimum atomic E-state index is -4.20. The molecule has 7 nitrogen and oxygen atoms in total. The van der Waals surface area contributed by atoms with E-state index < -0.39 is 28.5 Å². The van der Waals surface area contributed by atoms with Crippen LogP contribution in [-0.2, 0) is 32.6 Å². The van der Waals surface area contributed by atoms with Gasteiger partial charge in [0, 0.05) is 29.1 Å². The van der Waals surface area contributed by atoms with Crippen LogP contribution in [0.2, 0.25) is 10.0 Å². The van der Waals surface area contributed by atoms with Crippen LogP contribution in [0.25, 0.3) is 0 Å². The summed E-state index contributed by atoms with van der Waals surface area (Å²) in [5.41, 5.74) is 2.77. The summed E-state index contributed by atoms with van der Waals surface area (Å²) in [6, 6.07) is 28.5. The van der Waals surface area contributed by atoms with Crippen molar-refractivity contribution in [2.24, 2.45) is 0 Å². The lowest BCUT2D eigenvalue weighted by atomic mass is 9.94. The number of hydrogen-bond acceptors (Lipinski definition) is 4. The van der Waals surface area contributed by atoms with Crippen LogP contribution in [0, 0.1) is 6.92 Å². The molecule has 246 valence electrons. The van der Waals surface area contributed by atoms with Crippen molar-refractivity contribution in [3.05, 3.63) is 130 Å². The molecule has 10 heteroatoms. The fraction of sp³-hybridized carbons (Fsp3) is 0.297. The predicted molar refractivity (Wildman–Crippen MR) is 188 cm³/mol. The molecule has 4 aromatic carbocycles. The van der Waals surface area contributed by atoms with Gasteiger partial charge in [0.25, 0.3) is 10.0 Å². The van der Waals surface area contributed by atoms with E-state index in [1.54, 1.807) is 54.6 Å². The van der Waals surface area contributed by atoms with Crippen molar-refractivity contribution in [1.29, 1.82) is 0 Å². The van der Waals surface area contributed by atoms with Gasteiger partial charge in [-0.3, -0.25) is 13.9 Å². The van der Waals surface area contributed by atoms with Crippen molar-refractivity contribution < 1.29 is 18.0 Å². The van der Waals surface area contributed by atoms with Crippen LogP contribution >= 0.6 is 23.2 Å². The Morgan fingerprint density at radius 2 is 1.47 bits per heavy atom. The van der Waals surface area contributed by atoms with Crippen molar-refractivity contribution in [3.63, 3.8) is 0 Å². The molecule has 0 spiro atoms. The molecular weight excluding hydrogens is 653 g/mol. The standard InChI is InChI=1S/C37H39Cl2N3O4S/c1-27-15-21-34(22-16-27)47(45,46)42(33-19-17-30(38)18-20-33)26-36(43)41(25-29-11-8-12-31(39)23-29)35(24-28-9-4-2-5-10-28)37(44)40-32-13-6-3-7-14-32/h2,4-5,8-12,15-23,32,35H,3,6-7,13-14,24-26H2,1H3,(H,40,44). The Bertz CT molecular complexity index is 1760. The summed E-state index contributed by atoms with van der Waals surface area (Å²) in [5.74, 6) is -0.800. The minimum absolute atomic E-state index is 0.0186. The van der Waals surface area contributed by atoms with Crippen molar-refractivity contribution in [3.8, 4) is 0 Å². The number of anilines is 1. The number of benzene rings is 4. The second-order valence-electron chi connectivity index (χ2n) is 12.0. The second kappa shape index (κ2) is 15.8. The van der Waals surface area contributed by atoms with Gasteiger partial charge < -0.3 is 10.2 Å². The maximum absolute atomic E-state index is 14.6. The molecule has 1 fully saturated rings. The first-order valence-corrected chi connectivity index (χ1v) is 18.0. The number of hydrogen-bond donors (Lipinski definition) is 1. The Morgan fingerprint density at radius 1 is 0.809 bits per heavy atom.